The monoisotopic (exact) mass is 308 g/mol. The predicted octanol–water partition coefficient (Wildman–Crippen LogP) is 2.68. The Morgan fingerprint density at radius 3 is 2.71 bits per heavy atom. The average Bonchev–Trinajstić information content (AvgIpc) is 2.88. The minimum absolute atomic E-state index is 0.761. The first-order chi connectivity index (χ1) is 10.4. The molecule has 0 aliphatic carbocycles. The topological polar surface area (TPSA) is 39.7 Å². The van der Waals surface area contributed by atoms with Crippen LogP contribution in [0.2, 0.25) is 0 Å². The smallest absolute Gasteiger partial charge is 0.191 e. The Balaban J connectivity index is 1.72. The van der Waals surface area contributed by atoms with Crippen LogP contribution in [0.4, 0.5) is 0 Å². The second-order valence-corrected chi connectivity index (χ2v) is 6.49. The molecule has 2 heterocycles. The standard InChI is InChI=1S/C16H28N4S/c1-2-17-16(19-14-15-8-7-13-21-15)18-9-12-20-10-5-3-4-6-11-20/h7-8,13H,2-6,9-12,14H2,1H3,(H2,17,18,19). The predicted molar refractivity (Wildman–Crippen MR) is 92.0 cm³/mol. The van der Waals surface area contributed by atoms with Crippen molar-refractivity contribution in [3.63, 3.8) is 0 Å². The van der Waals surface area contributed by atoms with Crippen molar-refractivity contribution < 1.29 is 0 Å². The molecule has 0 amide bonds. The van der Waals surface area contributed by atoms with Gasteiger partial charge in [-0.1, -0.05) is 18.9 Å². The van der Waals surface area contributed by atoms with Crippen LogP contribution in [0.1, 0.15) is 37.5 Å². The van der Waals surface area contributed by atoms with Crippen LogP contribution in [-0.4, -0.2) is 43.6 Å². The number of rotatable bonds is 6. The van der Waals surface area contributed by atoms with Gasteiger partial charge in [0.2, 0.25) is 0 Å². The molecule has 1 aromatic rings. The van der Waals surface area contributed by atoms with Gasteiger partial charge in [0, 0.05) is 24.5 Å². The molecule has 1 aromatic heterocycles. The van der Waals surface area contributed by atoms with Gasteiger partial charge in [-0.2, -0.15) is 0 Å². The summed E-state index contributed by atoms with van der Waals surface area (Å²) in [4.78, 5) is 8.52. The van der Waals surface area contributed by atoms with E-state index in [0.29, 0.717) is 0 Å². The lowest BCUT2D eigenvalue weighted by Crippen LogP contribution is -2.41. The number of hydrogen-bond donors (Lipinski definition) is 2. The minimum atomic E-state index is 0.761. The molecule has 1 aliphatic heterocycles. The van der Waals surface area contributed by atoms with Crippen molar-refractivity contribution in [2.75, 3.05) is 32.7 Å². The van der Waals surface area contributed by atoms with E-state index < -0.39 is 0 Å². The van der Waals surface area contributed by atoms with Crippen LogP contribution in [0.25, 0.3) is 0 Å². The summed E-state index contributed by atoms with van der Waals surface area (Å²) in [7, 11) is 0. The van der Waals surface area contributed by atoms with Gasteiger partial charge in [0.25, 0.3) is 0 Å². The third kappa shape index (κ3) is 6.48. The van der Waals surface area contributed by atoms with E-state index in [4.69, 9.17) is 0 Å². The van der Waals surface area contributed by atoms with E-state index in [-0.39, 0.29) is 0 Å². The number of nitrogens with zero attached hydrogens (tertiary/aromatic N) is 2. The first-order valence-corrected chi connectivity index (χ1v) is 9.03. The van der Waals surface area contributed by atoms with Crippen molar-refractivity contribution >= 4 is 17.3 Å². The highest BCUT2D eigenvalue weighted by atomic mass is 32.1. The molecule has 4 nitrogen and oxygen atoms in total. The molecule has 5 heteroatoms. The largest absolute Gasteiger partial charge is 0.357 e. The van der Waals surface area contributed by atoms with Crippen LogP contribution in [0, 0.1) is 0 Å². The summed E-state index contributed by atoms with van der Waals surface area (Å²) in [6.07, 6.45) is 5.50. The zero-order valence-corrected chi connectivity index (χ0v) is 13.9. The van der Waals surface area contributed by atoms with Gasteiger partial charge in [0.05, 0.1) is 6.54 Å². The van der Waals surface area contributed by atoms with E-state index in [1.165, 1.54) is 43.6 Å². The fourth-order valence-electron chi connectivity index (χ4n) is 2.59. The van der Waals surface area contributed by atoms with Gasteiger partial charge in [-0.15, -0.1) is 11.3 Å². The van der Waals surface area contributed by atoms with Crippen molar-refractivity contribution in [1.29, 1.82) is 0 Å². The van der Waals surface area contributed by atoms with Crippen LogP contribution in [-0.2, 0) is 6.54 Å². The lowest BCUT2D eigenvalue weighted by atomic mass is 10.2. The molecule has 0 atom stereocenters. The molecule has 2 N–H and O–H groups in total. The van der Waals surface area contributed by atoms with Gasteiger partial charge in [0.15, 0.2) is 5.96 Å². The summed E-state index contributed by atoms with van der Waals surface area (Å²) in [6.45, 7) is 8.36. The molecular formula is C16H28N4S. The Morgan fingerprint density at radius 2 is 2.05 bits per heavy atom. The maximum absolute atomic E-state index is 4.64. The third-order valence-electron chi connectivity index (χ3n) is 3.74. The van der Waals surface area contributed by atoms with E-state index >= 15 is 0 Å². The van der Waals surface area contributed by atoms with Crippen LogP contribution >= 0.6 is 11.3 Å². The minimum Gasteiger partial charge on any atom is -0.357 e. The number of guanidine groups is 1. The highest BCUT2D eigenvalue weighted by Crippen LogP contribution is 2.09. The SMILES string of the molecule is CCNC(=NCc1cccs1)NCCN1CCCCCC1. The molecule has 0 unspecified atom stereocenters. The summed E-state index contributed by atoms with van der Waals surface area (Å²) in [5, 5.41) is 8.87. The van der Waals surface area contributed by atoms with Crippen LogP contribution in [0.15, 0.2) is 22.5 Å². The van der Waals surface area contributed by atoms with E-state index in [2.05, 4.69) is 45.0 Å². The Bertz CT molecular complexity index is 394. The first-order valence-electron chi connectivity index (χ1n) is 8.15. The van der Waals surface area contributed by atoms with Gasteiger partial charge in [0.1, 0.15) is 0 Å². The highest BCUT2D eigenvalue weighted by Gasteiger charge is 2.08. The third-order valence-corrected chi connectivity index (χ3v) is 4.60. The number of thiophene rings is 1. The molecule has 0 saturated carbocycles. The molecule has 118 valence electrons. The van der Waals surface area contributed by atoms with Crippen LogP contribution in [0.5, 0.6) is 0 Å². The average molecular weight is 308 g/mol. The summed E-state index contributed by atoms with van der Waals surface area (Å²) in [5.41, 5.74) is 0. The number of nitrogens with one attached hydrogen (secondary N) is 2. The van der Waals surface area contributed by atoms with Gasteiger partial charge in [-0.3, -0.25) is 0 Å². The van der Waals surface area contributed by atoms with Crippen molar-refractivity contribution in [2.45, 2.75) is 39.2 Å². The maximum Gasteiger partial charge on any atom is 0.191 e. The summed E-state index contributed by atoms with van der Waals surface area (Å²) >= 11 is 1.76. The molecule has 0 spiro atoms. The Hall–Kier alpha value is -1.07. The molecule has 2 rings (SSSR count). The molecule has 0 bridgehead atoms. The van der Waals surface area contributed by atoms with Crippen molar-refractivity contribution in [1.82, 2.24) is 15.5 Å². The quantitative estimate of drug-likeness (QED) is 0.627. The molecule has 21 heavy (non-hydrogen) atoms. The molecule has 1 aliphatic rings. The second kappa shape index (κ2) is 9.79. The molecule has 0 aromatic carbocycles. The number of likely N-dealkylation sites (tertiary alicyclic amines) is 1. The maximum atomic E-state index is 4.64. The first kappa shape index (κ1) is 16.3. The Kier molecular flexibility index (Phi) is 7.60. The van der Waals surface area contributed by atoms with E-state index in [0.717, 1.165) is 32.1 Å². The zero-order valence-electron chi connectivity index (χ0n) is 13.1. The highest BCUT2D eigenvalue weighted by molar-refractivity contribution is 7.09. The molecule has 0 radical (unpaired) electrons. The van der Waals surface area contributed by atoms with Gasteiger partial charge in [-0.25, -0.2) is 4.99 Å². The van der Waals surface area contributed by atoms with Crippen molar-refractivity contribution in [3.8, 4) is 0 Å². The number of hydrogen-bond acceptors (Lipinski definition) is 3. The van der Waals surface area contributed by atoms with Crippen LogP contribution < -0.4 is 10.6 Å². The number of aliphatic imine (C=N–C) groups is 1. The summed E-state index contributed by atoms with van der Waals surface area (Å²) in [6, 6.07) is 4.21. The van der Waals surface area contributed by atoms with E-state index in [9.17, 15) is 0 Å². The van der Waals surface area contributed by atoms with Gasteiger partial charge < -0.3 is 15.5 Å². The lowest BCUT2D eigenvalue weighted by Gasteiger charge is -2.20. The van der Waals surface area contributed by atoms with Crippen molar-refractivity contribution in [2.24, 2.45) is 4.99 Å². The van der Waals surface area contributed by atoms with Gasteiger partial charge >= 0.3 is 0 Å². The molecule has 1 saturated heterocycles. The van der Waals surface area contributed by atoms with Crippen LogP contribution in [0.3, 0.4) is 0 Å². The van der Waals surface area contributed by atoms with Crippen molar-refractivity contribution in [3.05, 3.63) is 22.4 Å². The fraction of sp³-hybridized carbons (Fsp3) is 0.688. The zero-order chi connectivity index (χ0) is 14.8. The summed E-state index contributed by atoms with van der Waals surface area (Å²) in [5.74, 6) is 0.931. The second-order valence-electron chi connectivity index (χ2n) is 5.46. The van der Waals surface area contributed by atoms with E-state index in [1.807, 2.05) is 0 Å². The van der Waals surface area contributed by atoms with E-state index in [1.54, 1.807) is 11.3 Å². The molecule has 1 fully saturated rings. The normalized spacial score (nSPS) is 17.5. The fourth-order valence-corrected chi connectivity index (χ4v) is 3.22. The molecular weight excluding hydrogens is 280 g/mol. The summed E-state index contributed by atoms with van der Waals surface area (Å²) < 4.78 is 0. The Labute approximate surface area is 132 Å². The Morgan fingerprint density at radius 1 is 1.24 bits per heavy atom. The van der Waals surface area contributed by atoms with Gasteiger partial charge in [-0.05, 0) is 44.3 Å². The lowest BCUT2D eigenvalue weighted by molar-refractivity contribution is 0.289.